The third-order valence-corrected chi connectivity index (χ3v) is 6.65. The molecule has 4 aromatic carbocycles. The van der Waals surface area contributed by atoms with Crippen LogP contribution in [0.2, 0.25) is 0 Å². The Morgan fingerprint density at radius 1 is 0.375 bits per heavy atom. The zero-order valence-corrected chi connectivity index (χ0v) is 20.2. The quantitative estimate of drug-likeness (QED) is 0.254. The average Bonchev–Trinajstić information content (AvgIpc) is 3.14. The van der Waals surface area contributed by atoms with E-state index < -0.39 is 0 Å². The Bertz CT molecular complexity index is 1240. The van der Waals surface area contributed by atoms with Gasteiger partial charge in [-0.15, -0.1) is 0 Å². The first-order chi connectivity index (χ1) is 15.6. The highest BCUT2D eigenvalue weighted by molar-refractivity contribution is 9.10. The van der Waals surface area contributed by atoms with Crippen LogP contribution < -0.4 is 0 Å². The van der Waals surface area contributed by atoms with E-state index in [9.17, 15) is 4.79 Å². The molecule has 0 saturated carbocycles. The lowest BCUT2D eigenvalue weighted by Gasteiger charge is -2.14. The van der Waals surface area contributed by atoms with Crippen LogP contribution in [-0.2, 0) is 4.79 Å². The molecule has 4 aromatic rings. The van der Waals surface area contributed by atoms with E-state index in [0.29, 0.717) is 0 Å². The molecule has 0 N–H and O–H groups in total. The first-order valence-corrected chi connectivity index (χ1v) is 11.9. The summed E-state index contributed by atoms with van der Waals surface area (Å²) in [6, 6.07) is 36.3. The molecule has 0 saturated heterocycles. The van der Waals surface area contributed by atoms with Crippen LogP contribution >= 0.6 is 31.9 Å². The molecule has 154 valence electrons. The number of ketones is 1. The summed E-state index contributed by atoms with van der Waals surface area (Å²) < 4.78 is 2.01. The largest absolute Gasteiger partial charge is 0.289 e. The number of hydrogen-bond acceptors (Lipinski definition) is 1. The first kappa shape index (κ1) is 20.9. The van der Waals surface area contributed by atoms with Crippen molar-refractivity contribution >= 4 is 59.9 Å². The van der Waals surface area contributed by atoms with E-state index in [1.807, 2.05) is 84.9 Å². The van der Waals surface area contributed by atoms with Gasteiger partial charge in [0.1, 0.15) is 0 Å². The second-order valence-electron chi connectivity index (χ2n) is 7.57. The Kier molecular flexibility index (Phi) is 5.77. The molecule has 0 unspecified atom stereocenters. The second kappa shape index (κ2) is 8.85. The van der Waals surface area contributed by atoms with Crippen LogP contribution in [0.1, 0.15) is 22.3 Å². The maximum Gasteiger partial charge on any atom is 0.195 e. The summed E-state index contributed by atoms with van der Waals surface area (Å²) in [7, 11) is 0. The van der Waals surface area contributed by atoms with E-state index in [2.05, 4.69) is 56.1 Å². The van der Waals surface area contributed by atoms with Gasteiger partial charge in [-0.05, 0) is 46.5 Å². The lowest BCUT2D eigenvalue weighted by atomic mass is 9.89. The molecular weight excluding hydrogens is 524 g/mol. The number of carbonyl (C=O) groups excluding carboxylic acids is 1. The SMILES string of the molecule is O=C1C(c2ccccc2)=C(c2ccc(Br)cc2)C(c2ccc(Br)cc2)=C1c1ccccc1. The van der Waals surface area contributed by atoms with Crippen molar-refractivity contribution in [2.24, 2.45) is 0 Å². The molecule has 0 amide bonds. The molecule has 1 aliphatic carbocycles. The number of benzene rings is 4. The summed E-state index contributed by atoms with van der Waals surface area (Å²) in [4.78, 5) is 14.1. The fourth-order valence-electron chi connectivity index (χ4n) is 4.17. The van der Waals surface area contributed by atoms with E-state index in [1.54, 1.807) is 0 Å². The van der Waals surface area contributed by atoms with Gasteiger partial charge in [-0.2, -0.15) is 0 Å². The Labute approximate surface area is 204 Å². The van der Waals surface area contributed by atoms with Crippen LogP contribution in [0.5, 0.6) is 0 Å². The zero-order valence-electron chi connectivity index (χ0n) is 17.1. The van der Waals surface area contributed by atoms with E-state index in [0.717, 1.165) is 53.5 Å². The van der Waals surface area contributed by atoms with Crippen molar-refractivity contribution in [3.8, 4) is 0 Å². The molecule has 1 nitrogen and oxygen atoms in total. The molecule has 0 spiro atoms. The Morgan fingerprint density at radius 3 is 1.03 bits per heavy atom. The van der Waals surface area contributed by atoms with Crippen LogP contribution in [0.3, 0.4) is 0 Å². The van der Waals surface area contributed by atoms with Crippen molar-refractivity contribution in [3.63, 3.8) is 0 Å². The topological polar surface area (TPSA) is 17.1 Å². The fraction of sp³-hybridized carbons (Fsp3) is 0. The van der Waals surface area contributed by atoms with Crippen LogP contribution in [0, 0.1) is 0 Å². The predicted octanol–water partition coefficient (Wildman–Crippen LogP) is 8.32. The van der Waals surface area contributed by atoms with E-state index in [4.69, 9.17) is 0 Å². The summed E-state index contributed by atoms with van der Waals surface area (Å²) >= 11 is 7.08. The molecule has 0 atom stereocenters. The zero-order chi connectivity index (χ0) is 22.1. The van der Waals surface area contributed by atoms with Crippen molar-refractivity contribution in [2.45, 2.75) is 0 Å². The number of Topliss-reactive ketones (excluding diaryl/α,β-unsaturated/α-hetero) is 1. The van der Waals surface area contributed by atoms with E-state index in [1.165, 1.54) is 0 Å². The summed E-state index contributed by atoms with van der Waals surface area (Å²) in [5, 5.41) is 0. The highest BCUT2D eigenvalue weighted by Crippen LogP contribution is 2.49. The minimum Gasteiger partial charge on any atom is -0.289 e. The standard InChI is InChI=1S/C29H18Br2O/c30-23-15-11-21(12-16-23)25-26(22-13-17-24(31)18-14-22)28(20-9-5-2-6-10-20)29(32)27(25)19-7-3-1-4-8-19/h1-18H. The highest BCUT2D eigenvalue weighted by Gasteiger charge is 2.35. The molecule has 32 heavy (non-hydrogen) atoms. The fourth-order valence-corrected chi connectivity index (χ4v) is 4.70. The number of allylic oxidation sites excluding steroid dienone is 4. The molecule has 3 heteroatoms. The van der Waals surface area contributed by atoms with Crippen molar-refractivity contribution < 1.29 is 4.79 Å². The van der Waals surface area contributed by atoms with Crippen molar-refractivity contribution in [1.82, 2.24) is 0 Å². The number of hydrogen-bond donors (Lipinski definition) is 0. The van der Waals surface area contributed by atoms with Crippen molar-refractivity contribution in [2.75, 3.05) is 0 Å². The second-order valence-corrected chi connectivity index (χ2v) is 9.41. The molecule has 0 heterocycles. The van der Waals surface area contributed by atoms with Crippen molar-refractivity contribution in [3.05, 3.63) is 140 Å². The number of halogens is 2. The average molecular weight is 542 g/mol. The molecule has 0 bridgehead atoms. The van der Waals surface area contributed by atoms with Gasteiger partial charge in [0.25, 0.3) is 0 Å². The smallest absolute Gasteiger partial charge is 0.195 e. The van der Waals surface area contributed by atoms with Gasteiger partial charge in [-0.25, -0.2) is 0 Å². The van der Waals surface area contributed by atoms with Gasteiger partial charge in [0, 0.05) is 31.2 Å². The molecule has 1 aliphatic rings. The minimum atomic E-state index is 0.0539. The van der Waals surface area contributed by atoms with Gasteiger partial charge < -0.3 is 0 Å². The van der Waals surface area contributed by atoms with Gasteiger partial charge in [0.05, 0.1) is 0 Å². The molecule has 0 aromatic heterocycles. The van der Waals surface area contributed by atoms with Gasteiger partial charge >= 0.3 is 0 Å². The molecule has 5 rings (SSSR count). The monoisotopic (exact) mass is 540 g/mol. The van der Waals surface area contributed by atoms with E-state index >= 15 is 0 Å². The van der Waals surface area contributed by atoms with Gasteiger partial charge in [-0.1, -0.05) is 117 Å². The lowest BCUT2D eigenvalue weighted by Crippen LogP contribution is -2.01. The Balaban J connectivity index is 1.87. The number of rotatable bonds is 4. The molecule has 0 fully saturated rings. The summed E-state index contributed by atoms with van der Waals surface area (Å²) in [5.41, 5.74) is 7.31. The summed E-state index contributed by atoms with van der Waals surface area (Å²) in [6.45, 7) is 0. The molecule has 0 aliphatic heterocycles. The minimum absolute atomic E-state index is 0.0539. The predicted molar refractivity (Wildman–Crippen MR) is 140 cm³/mol. The highest BCUT2D eigenvalue weighted by atomic mass is 79.9. The van der Waals surface area contributed by atoms with Crippen LogP contribution in [0.15, 0.2) is 118 Å². The van der Waals surface area contributed by atoms with Crippen LogP contribution in [0.25, 0.3) is 22.3 Å². The third kappa shape index (κ3) is 3.83. The van der Waals surface area contributed by atoms with Gasteiger partial charge in [0.15, 0.2) is 5.78 Å². The summed E-state index contributed by atoms with van der Waals surface area (Å²) in [5.74, 6) is 0.0539. The Hall–Kier alpha value is -3.01. The van der Waals surface area contributed by atoms with Crippen molar-refractivity contribution in [1.29, 1.82) is 0 Å². The maximum absolute atomic E-state index is 14.1. The normalized spacial score (nSPS) is 13.8. The third-order valence-electron chi connectivity index (χ3n) is 5.59. The van der Waals surface area contributed by atoms with Crippen LogP contribution in [-0.4, -0.2) is 5.78 Å². The van der Waals surface area contributed by atoms with Gasteiger partial charge in [-0.3, -0.25) is 4.79 Å². The Morgan fingerprint density at radius 2 is 0.688 bits per heavy atom. The first-order valence-electron chi connectivity index (χ1n) is 10.3. The van der Waals surface area contributed by atoms with Gasteiger partial charge in [0.2, 0.25) is 0 Å². The van der Waals surface area contributed by atoms with Crippen LogP contribution in [0.4, 0.5) is 0 Å². The molecule has 0 radical (unpaired) electrons. The number of carbonyl (C=O) groups is 1. The molecular formula is C29H18Br2O. The van der Waals surface area contributed by atoms with E-state index in [-0.39, 0.29) is 5.78 Å². The maximum atomic E-state index is 14.1. The summed E-state index contributed by atoms with van der Waals surface area (Å²) in [6.07, 6.45) is 0. The lowest BCUT2D eigenvalue weighted by molar-refractivity contribution is -0.108.